The van der Waals surface area contributed by atoms with Gasteiger partial charge in [-0.2, -0.15) is 0 Å². The summed E-state index contributed by atoms with van der Waals surface area (Å²) in [6.45, 7) is 8.29. The van der Waals surface area contributed by atoms with E-state index in [2.05, 4.69) is 54.4 Å². The Morgan fingerprint density at radius 2 is 1.86 bits per heavy atom. The molecule has 1 aliphatic heterocycles. The zero-order valence-corrected chi connectivity index (χ0v) is 13.6. The van der Waals surface area contributed by atoms with Crippen LogP contribution in [0.15, 0.2) is 30.3 Å². The van der Waals surface area contributed by atoms with Crippen molar-refractivity contribution in [2.24, 2.45) is 11.8 Å². The quantitative estimate of drug-likeness (QED) is 0.854. The molecule has 0 aromatic heterocycles. The van der Waals surface area contributed by atoms with Crippen LogP contribution >= 0.6 is 0 Å². The second-order valence-electron chi connectivity index (χ2n) is 6.92. The van der Waals surface area contributed by atoms with Crippen LogP contribution in [0.4, 0.5) is 0 Å². The molecule has 2 fully saturated rings. The van der Waals surface area contributed by atoms with Crippen LogP contribution in [-0.4, -0.2) is 30.6 Å². The first-order valence-electron chi connectivity index (χ1n) is 8.84. The maximum Gasteiger partial charge on any atom is 0.0473 e. The molecule has 0 amide bonds. The van der Waals surface area contributed by atoms with Crippen LogP contribution in [-0.2, 0) is 0 Å². The van der Waals surface area contributed by atoms with Gasteiger partial charge in [0, 0.05) is 31.7 Å². The third kappa shape index (κ3) is 3.67. The van der Waals surface area contributed by atoms with E-state index >= 15 is 0 Å². The van der Waals surface area contributed by atoms with Gasteiger partial charge >= 0.3 is 0 Å². The first-order valence-corrected chi connectivity index (χ1v) is 8.84. The van der Waals surface area contributed by atoms with Gasteiger partial charge in [-0.3, -0.25) is 4.90 Å². The number of rotatable bonds is 6. The second-order valence-corrected chi connectivity index (χ2v) is 6.92. The Hall–Kier alpha value is -0.860. The zero-order chi connectivity index (χ0) is 14.7. The van der Waals surface area contributed by atoms with Crippen molar-refractivity contribution in [2.45, 2.75) is 51.6 Å². The molecular formula is C19H30N2. The molecule has 2 aliphatic rings. The van der Waals surface area contributed by atoms with E-state index in [4.69, 9.17) is 0 Å². The van der Waals surface area contributed by atoms with Crippen LogP contribution in [0, 0.1) is 11.8 Å². The fourth-order valence-corrected chi connectivity index (χ4v) is 3.74. The predicted octanol–water partition coefficient (Wildman–Crippen LogP) is 3.85. The van der Waals surface area contributed by atoms with Crippen molar-refractivity contribution in [1.82, 2.24) is 10.2 Å². The summed E-state index contributed by atoms with van der Waals surface area (Å²) in [5.74, 6) is 1.79. The van der Waals surface area contributed by atoms with E-state index in [-0.39, 0.29) is 0 Å². The molecule has 1 N–H and O–H groups in total. The van der Waals surface area contributed by atoms with E-state index in [0.717, 1.165) is 24.4 Å². The molecule has 116 valence electrons. The molecule has 0 bridgehead atoms. The van der Waals surface area contributed by atoms with Gasteiger partial charge in [-0.1, -0.05) is 57.0 Å². The number of piperazine rings is 1. The van der Waals surface area contributed by atoms with Crippen molar-refractivity contribution in [1.29, 1.82) is 0 Å². The topological polar surface area (TPSA) is 15.3 Å². The minimum absolute atomic E-state index is 0.557. The molecule has 0 spiro atoms. The Morgan fingerprint density at radius 3 is 2.48 bits per heavy atom. The molecule has 1 heterocycles. The molecule has 2 nitrogen and oxygen atoms in total. The van der Waals surface area contributed by atoms with Crippen LogP contribution in [0.5, 0.6) is 0 Å². The van der Waals surface area contributed by atoms with Gasteiger partial charge < -0.3 is 5.32 Å². The average molecular weight is 286 g/mol. The third-order valence-corrected chi connectivity index (χ3v) is 5.47. The normalized spacial score (nSPS) is 27.2. The Balaban J connectivity index is 1.73. The summed E-state index contributed by atoms with van der Waals surface area (Å²) in [5, 5.41) is 3.83. The minimum Gasteiger partial charge on any atom is -0.311 e. The summed E-state index contributed by atoms with van der Waals surface area (Å²) in [6, 6.07) is 12.4. The van der Waals surface area contributed by atoms with E-state index in [0.29, 0.717) is 6.04 Å². The fraction of sp³-hybridized carbons (Fsp3) is 0.684. The Morgan fingerprint density at radius 1 is 1.14 bits per heavy atom. The maximum atomic E-state index is 3.83. The highest BCUT2D eigenvalue weighted by atomic mass is 15.2. The van der Waals surface area contributed by atoms with Crippen LogP contribution in [0.25, 0.3) is 0 Å². The van der Waals surface area contributed by atoms with E-state index in [1.165, 1.54) is 44.3 Å². The summed E-state index contributed by atoms with van der Waals surface area (Å²) in [5.41, 5.74) is 1.48. The van der Waals surface area contributed by atoms with Crippen molar-refractivity contribution < 1.29 is 0 Å². The van der Waals surface area contributed by atoms with Gasteiger partial charge in [0.2, 0.25) is 0 Å². The Kier molecular flexibility index (Phi) is 4.97. The van der Waals surface area contributed by atoms with Crippen molar-refractivity contribution in [3.63, 3.8) is 0 Å². The zero-order valence-electron chi connectivity index (χ0n) is 13.6. The first-order chi connectivity index (χ1) is 10.3. The number of hydrogen-bond acceptors (Lipinski definition) is 2. The predicted molar refractivity (Wildman–Crippen MR) is 89.3 cm³/mol. The Bertz CT molecular complexity index is 420. The lowest BCUT2D eigenvalue weighted by atomic mass is 9.95. The van der Waals surface area contributed by atoms with E-state index in [1.807, 2.05) is 0 Å². The van der Waals surface area contributed by atoms with Gasteiger partial charge in [-0.15, -0.1) is 0 Å². The summed E-state index contributed by atoms with van der Waals surface area (Å²) in [6.07, 6.45) is 5.48. The second kappa shape index (κ2) is 6.93. The fourth-order valence-electron chi connectivity index (χ4n) is 3.74. The molecule has 21 heavy (non-hydrogen) atoms. The molecular weight excluding hydrogens is 256 g/mol. The molecule has 2 atom stereocenters. The van der Waals surface area contributed by atoms with Gasteiger partial charge in [-0.05, 0) is 30.2 Å². The van der Waals surface area contributed by atoms with Crippen molar-refractivity contribution in [3.8, 4) is 0 Å². The van der Waals surface area contributed by atoms with Gasteiger partial charge in [0.25, 0.3) is 0 Å². The van der Waals surface area contributed by atoms with Gasteiger partial charge in [-0.25, -0.2) is 0 Å². The lowest BCUT2D eigenvalue weighted by Gasteiger charge is -2.42. The maximum absolute atomic E-state index is 3.83. The van der Waals surface area contributed by atoms with Crippen molar-refractivity contribution in [3.05, 3.63) is 35.9 Å². The van der Waals surface area contributed by atoms with E-state index in [1.54, 1.807) is 0 Å². The molecule has 0 radical (unpaired) electrons. The lowest BCUT2D eigenvalue weighted by molar-refractivity contribution is 0.101. The summed E-state index contributed by atoms with van der Waals surface area (Å²) >= 11 is 0. The van der Waals surface area contributed by atoms with Gasteiger partial charge in [0.15, 0.2) is 0 Å². The standard InChI is InChI=1S/C19H30N2/c1-3-15(4-2)13-21-14-18(16-10-11-16)20-12-19(21)17-8-6-5-7-9-17/h5-9,15-16,18-20H,3-4,10-14H2,1-2H3. The average Bonchev–Trinajstić information content (AvgIpc) is 3.38. The van der Waals surface area contributed by atoms with Crippen molar-refractivity contribution >= 4 is 0 Å². The highest BCUT2D eigenvalue weighted by Gasteiger charge is 2.37. The van der Waals surface area contributed by atoms with Crippen molar-refractivity contribution in [2.75, 3.05) is 19.6 Å². The lowest BCUT2D eigenvalue weighted by Crippen LogP contribution is -2.54. The first kappa shape index (κ1) is 15.1. The van der Waals surface area contributed by atoms with Crippen LogP contribution < -0.4 is 5.32 Å². The van der Waals surface area contributed by atoms with Gasteiger partial charge in [0.1, 0.15) is 0 Å². The van der Waals surface area contributed by atoms with E-state index in [9.17, 15) is 0 Å². The van der Waals surface area contributed by atoms with Crippen LogP contribution in [0.2, 0.25) is 0 Å². The molecule has 1 aromatic carbocycles. The molecule has 2 unspecified atom stereocenters. The molecule has 1 aromatic rings. The highest BCUT2D eigenvalue weighted by Crippen LogP contribution is 2.36. The molecule has 1 aliphatic carbocycles. The van der Waals surface area contributed by atoms with E-state index < -0.39 is 0 Å². The number of benzene rings is 1. The molecule has 2 heteroatoms. The number of hydrogen-bond donors (Lipinski definition) is 1. The summed E-state index contributed by atoms with van der Waals surface area (Å²) in [7, 11) is 0. The summed E-state index contributed by atoms with van der Waals surface area (Å²) in [4.78, 5) is 2.77. The monoisotopic (exact) mass is 286 g/mol. The van der Waals surface area contributed by atoms with Crippen LogP contribution in [0.1, 0.15) is 51.1 Å². The Labute approximate surface area is 129 Å². The third-order valence-electron chi connectivity index (χ3n) is 5.47. The summed E-state index contributed by atoms with van der Waals surface area (Å²) < 4.78 is 0. The highest BCUT2D eigenvalue weighted by molar-refractivity contribution is 5.20. The molecule has 1 saturated heterocycles. The smallest absolute Gasteiger partial charge is 0.0473 e. The number of nitrogens with one attached hydrogen (secondary N) is 1. The molecule has 3 rings (SSSR count). The minimum atomic E-state index is 0.557. The van der Waals surface area contributed by atoms with Crippen LogP contribution in [0.3, 0.4) is 0 Å². The SMILES string of the molecule is CCC(CC)CN1CC(C2CC2)NCC1c1ccccc1. The van der Waals surface area contributed by atoms with Gasteiger partial charge in [0.05, 0.1) is 0 Å². The largest absolute Gasteiger partial charge is 0.311 e. The number of nitrogens with zero attached hydrogens (tertiary/aromatic N) is 1. The molecule has 1 saturated carbocycles.